The van der Waals surface area contributed by atoms with Crippen molar-refractivity contribution >= 4 is 23.4 Å². The molecule has 0 radical (unpaired) electrons. The maximum absolute atomic E-state index is 12.9. The van der Waals surface area contributed by atoms with E-state index < -0.39 is 11.4 Å². The highest BCUT2D eigenvalue weighted by Gasteiger charge is 2.29. The fourth-order valence-electron chi connectivity index (χ4n) is 3.44. The number of fused-ring (bicyclic) bond motifs is 1. The van der Waals surface area contributed by atoms with Gasteiger partial charge in [-0.15, -0.1) is 16.8 Å². The maximum atomic E-state index is 12.9. The third kappa shape index (κ3) is 4.98. The highest BCUT2D eigenvalue weighted by atomic mass is 32.2. The van der Waals surface area contributed by atoms with E-state index in [1.807, 2.05) is 60.9 Å². The monoisotopic (exact) mass is 466 g/mol. The van der Waals surface area contributed by atoms with Gasteiger partial charge in [-0.05, 0) is 43.7 Å². The molecule has 0 saturated carbocycles. The number of hydrogen-bond acceptors (Lipinski definition) is 7. The van der Waals surface area contributed by atoms with Crippen LogP contribution in [0, 0.1) is 6.92 Å². The third-order valence-electron chi connectivity index (χ3n) is 5.12. The van der Waals surface area contributed by atoms with E-state index in [4.69, 9.17) is 14.2 Å². The zero-order valence-corrected chi connectivity index (χ0v) is 19.6. The molecule has 2 aromatic carbocycles. The summed E-state index contributed by atoms with van der Waals surface area (Å²) in [7, 11) is 1.58. The molecule has 4 rings (SSSR count). The molecular weight excluding hydrogens is 440 g/mol. The van der Waals surface area contributed by atoms with Crippen molar-refractivity contribution in [3.8, 4) is 17.2 Å². The van der Waals surface area contributed by atoms with Crippen molar-refractivity contribution in [3.05, 3.63) is 66.5 Å². The number of nitrogens with zero attached hydrogens (tertiary/aromatic N) is 3. The number of anilines is 1. The number of ether oxygens (including phenoxy) is 3. The van der Waals surface area contributed by atoms with Crippen molar-refractivity contribution in [3.63, 3.8) is 0 Å². The number of allylic oxidation sites excluding steroid dienone is 1. The number of amides is 1. The van der Waals surface area contributed by atoms with Crippen LogP contribution in [0.15, 0.2) is 60.3 Å². The fraction of sp³-hybridized carbons (Fsp3) is 0.292. The first kappa shape index (κ1) is 22.7. The number of nitrogens with one attached hydrogen (secondary N) is 1. The molecule has 1 N–H and O–H groups in total. The first-order valence-electron chi connectivity index (χ1n) is 10.5. The Morgan fingerprint density at radius 2 is 2.12 bits per heavy atom. The summed E-state index contributed by atoms with van der Waals surface area (Å²) in [5, 5.41) is 11.8. The number of para-hydroxylation sites is 2. The predicted octanol–water partition coefficient (Wildman–Crippen LogP) is 4.41. The lowest BCUT2D eigenvalue weighted by Gasteiger charge is -2.26. The van der Waals surface area contributed by atoms with Crippen LogP contribution in [0.25, 0.3) is 0 Å². The maximum Gasteiger partial charge on any atom is 0.237 e. The number of benzene rings is 2. The van der Waals surface area contributed by atoms with E-state index in [-0.39, 0.29) is 5.91 Å². The second kappa shape index (κ2) is 9.99. The molecular formula is C24H26N4O4S. The first-order chi connectivity index (χ1) is 16.0. The lowest BCUT2D eigenvalue weighted by atomic mass is 10.2. The van der Waals surface area contributed by atoms with E-state index in [0.29, 0.717) is 47.1 Å². The van der Waals surface area contributed by atoms with E-state index >= 15 is 0 Å². The van der Waals surface area contributed by atoms with Gasteiger partial charge in [-0.25, -0.2) is 0 Å². The Morgan fingerprint density at radius 1 is 1.33 bits per heavy atom. The molecule has 2 atom stereocenters. The largest absolute Gasteiger partial charge is 0.495 e. The average Bonchev–Trinajstić information content (AvgIpc) is 3.21. The summed E-state index contributed by atoms with van der Waals surface area (Å²) in [6.07, 6.45) is 1.35. The standard InChI is InChI=1S/C24H26N4O4S/c1-5-12-28-22(21-14-31-19-8-6-7-9-20(19)32-21)26-27-24(28)33-16(3)23(29)25-17-13-15(2)10-11-18(17)30-4/h5-11,13,16,21H,1,12,14H2,2-4H3,(H,25,29). The Balaban J connectivity index is 1.50. The number of rotatable bonds is 8. The van der Waals surface area contributed by atoms with Gasteiger partial charge >= 0.3 is 0 Å². The Kier molecular flexibility index (Phi) is 6.88. The van der Waals surface area contributed by atoms with Gasteiger partial charge < -0.3 is 19.5 Å². The van der Waals surface area contributed by atoms with Crippen LogP contribution in [0.1, 0.15) is 24.4 Å². The second-order valence-electron chi connectivity index (χ2n) is 7.56. The van der Waals surface area contributed by atoms with Gasteiger partial charge in [-0.1, -0.05) is 36.0 Å². The molecule has 2 heterocycles. The van der Waals surface area contributed by atoms with Crippen molar-refractivity contribution in [1.29, 1.82) is 0 Å². The van der Waals surface area contributed by atoms with E-state index in [2.05, 4.69) is 22.1 Å². The molecule has 1 aliphatic rings. The number of hydrogen-bond donors (Lipinski definition) is 1. The minimum atomic E-state index is -0.430. The number of methoxy groups -OCH3 is 1. The van der Waals surface area contributed by atoms with Crippen LogP contribution in [0.4, 0.5) is 5.69 Å². The van der Waals surface area contributed by atoms with E-state index in [1.165, 1.54) is 11.8 Å². The Labute approximate surface area is 197 Å². The molecule has 0 bridgehead atoms. The van der Waals surface area contributed by atoms with Crippen LogP contribution in [0.2, 0.25) is 0 Å². The highest BCUT2D eigenvalue weighted by Crippen LogP contribution is 2.36. The van der Waals surface area contributed by atoms with Crippen LogP contribution in [-0.2, 0) is 11.3 Å². The molecule has 33 heavy (non-hydrogen) atoms. The summed E-state index contributed by atoms with van der Waals surface area (Å²) < 4.78 is 19.2. The van der Waals surface area contributed by atoms with E-state index in [0.717, 1.165) is 5.56 Å². The number of carbonyl (C=O) groups excluding carboxylic acids is 1. The number of thioether (sulfide) groups is 1. The van der Waals surface area contributed by atoms with Gasteiger partial charge in [-0.2, -0.15) is 0 Å². The van der Waals surface area contributed by atoms with Gasteiger partial charge in [0.25, 0.3) is 0 Å². The molecule has 1 aromatic heterocycles. The molecule has 0 aliphatic carbocycles. The van der Waals surface area contributed by atoms with Gasteiger partial charge in [0.1, 0.15) is 12.4 Å². The van der Waals surface area contributed by atoms with Crippen LogP contribution in [0.5, 0.6) is 17.2 Å². The molecule has 0 fully saturated rings. The normalized spacial score (nSPS) is 15.5. The topological polar surface area (TPSA) is 87.5 Å². The van der Waals surface area contributed by atoms with Gasteiger partial charge in [0.2, 0.25) is 5.91 Å². The third-order valence-corrected chi connectivity index (χ3v) is 6.20. The summed E-state index contributed by atoms with van der Waals surface area (Å²) >= 11 is 1.32. The quantitative estimate of drug-likeness (QED) is 0.389. The van der Waals surface area contributed by atoms with Crippen molar-refractivity contribution in [2.75, 3.05) is 19.0 Å². The van der Waals surface area contributed by atoms with Crippen LogP contribution < -0.4 is 19.5 Å². The summed E-state index contributed by atoms with van der Waals surface area (Å²) in [6, 6.07) is 13.2. The lowest BCUT2D eigenvalue weighted by Crippen LogP contribution is -2.25. The van der Waals surface area contributed by atoms with Crippen LogP contribution in [-0.4, -0.2) is 39.6 Å². The minimum absolute atomic E-state index is 0.162. The highest BCUT2D eigenvalue weighted by molar-refractivity contribution is 8.00. The van der Waals surface area contributed by atoms with Crippen molar-refractivity contribution in [2.45, 2.75) is 36.9 Å². The zero-order chi connectivity index (χ0) is 23.4. The number of aromatic nitrogens is 3. The molecule has 0 spiro atoms. The predicted molar refractivity (Wildman–Crippen MR) is 127 cm³/mol. The van der Waals surface area contributed by atoms with Crippen LogP contribution >= 0.6 is 11.8 Å². The zero-order valence-electron chi connectivity index (χ0n) is 18.8. The van der Waals surface area contributed by atoms with Gasteiger partial charge in [0.15, 0.2) is 28.6 Å². The molecule has 2 unspecified atom stereocenters. The first-order valence-corrected chi connectivity index (χ1v) is 11.4. The molecule has 9 heteroatoms. The Morgan fingerprint density at radius 3 is 2.88 bits per heavy atom. The molecule has 172 valence electrons. The lowest BCUT2D eigenvalue weighted by molar-refractivity contribution is -0.115. The van der Waals surface area contributed by atoms with Gasteiger partial charge in [0, 0.05) is 6.54 Å². The second-order valence-corrected chi connectivity index (χ2v) is 8.87. The van der Waals surface area contributed by atoms with Crippen molar-refractivity contribution < 1.29 is 19.0 Å². The molecule has 8 nitrogen and oxygen atoms in total. The van der Waals surface area contributed by atoms with Gasteiger partial charge in [0.05, 0.1) is 18.0 Å². The van der Waals surface area contributed by atoms with Crippen molar-refractivity contribution in [2.24, 2.45) is 0 Å². The minimum Gasteiger partial charge on any atom is -0.495 e. The van der Waals surface area contributed by atoms with Gasteiger partial charge in [-0.3, -0.25) is 9.36 Å². The molecule has 1 aliphatic heterocycles. The number of aryl methyl sites for hydroxylation is 1. The van der Waals surface area contributed by atoms with Crippen LogP contribution in [0.3, 0.4) is 0 Å². The summed E-state index contributed by atoms with van der Waals surface area (Å²) in [4.78, 5) is 12.9. The van der Waals surface area contributed by atoms with Crippen molar-refractivity contribution in [1.82, 2.24) is 14.8 Å². The summed E-state index contributed by atoms with van der Waals surface area (Å²) in [5.41, 5.74) is 1.66. The average molecular weight is 467 g/mol. The molecule has 0 saturated heterocycles. The molecule has 3 aromatic rings. The molecule has 1 amide bonds. The van der Waals surface area contributed by atoms with E-state index in [9.17, 15) is 4.79 Å². The number of carbonyl (C=O) groups is 1. The SMILES string of the molecule is C=CCn1c(SC(C)C(=O)Nc2cc(C)ccc2OC)nnc1C1COc2ccccc2O1. The summed E-state index contributed by atoms with van der Waals surface area (Å²) in [6.45, 7) is 8.43. The Bertz CT molecular complexity index is 1160. The smallest absolute Gasteiger partial charge is 0.237 e. The summed E-state index contributed by atoms with van der Waals surface area (Å²) in [5.74, 6) is 2.44. The Hall–Kier alpha value is -3.46. The van der Waals surface area contributed by atoms with E-state index in [1.54, 1.807) is 13.2 Å². The fourth-order valence-corrected chi connectivity index (χ4v) is 4.30.